The molecule has 5 nitrogen and oxygen atoms in total. The lowest BCUT2D eigenvalue weighted by Gasteiger charge is -2.15. The number of allylic oxidation sites excluding steroid dienone is 24. The van der Waals surface area contributed by atoms with Crippen LogP contribution in [-0.4, -0.2) is 36.4 Å². The molecule has 514 valence electrons. The number of ether oxygens (including phenoxy) is 2. The highest BCUT2D eigenvalue weighted by molar-refractivity contribution is 5.70. The summed E-state index contributed by atoms with van der Waals surface area (Å²) in [6.45, 7) is 3.94. The van der Waals surface area contributed by atoms with Crippen molar-refractivity contribution in [2.45, 2.75) is 367 Å². The van der Waals surface area contributed by atoms with E-state index >= 15 is 0 Å². The van der Waals surface area contributed by atoms with E-state index in [1.165, 1.54) is 218 Å². The zero-order valence-electron chi connectivity index (χ0n) is 59.1. The minimum absolute atomic E-state index is 0.0671. The van der Waals surface area contributed by atoms with E-state index in [0.717, 1.165) is 116 Å². The number of aliphatic hydroxyl groups excluding tert-OH is 1. The largest absolute Gasteiger partial charge is 0.462 e. The Morgan fingerprint density at radius 1 is 0.256 bits per heavy atom. The van der Waals surface area contributed by atoms with Crippen LogP contribution >= 0.6 is 0 Å². The van der Waals surface area contributed by atoms with Crippen LogP contribution in [0.4, 0.5) is 0 Å². The molecule has 5 heteroatoms. The SMILES string of the molecule is CC/C=C\C/C=C\C/C=C\C/C=C\C/C=C\C/C=C\C/C=C\CCCCCCCCCCCCCCCCCC(=O)OC(CO)COC(=O)CCCCCCCCCCCCCCCCCCCCCCCCC/C=C\C/C=C\C/C=C\C/C=C\C/C=C\CC. The first kappa shape index (κ1) is 85.8. The van der Waals surface area contributed by atoms with Gasteiger partial charge in [-0.1, -0.05) is 378 Å². The fraction of sp³-hybridized carbons (Fsp3) is 0.694. The first-order chi connectivity index (χ1) is 44.6. The molecule has 0 saturated heterocycles. The highest BCUT2D eigenvalue weighted by atomic mass is 16.6. The summed E-state index contributed by atoms with van der Waals surface area (Å²) in [6, 6.07) is 0. The van der Waals surface area contributed by atoms with Crippen molar-refractivity contribution in [1.82, 2.24) is 0 Å². The average molecular weight is 1250 g/mol. The first-order valence-corrected chi connectivity index (χ1v) is 38.4. The highest BCUT2D eigenvalue weighted by Gasteiger charge is 2.16. The summed E-state index contributed by atoms with van der Waals surface area (Å²) in [5.41, 5.74) is 0. The van der Waals surface area contributed by atoms with Gasteiger partial charge < -0.3 is 14.6 Å². The Bertz CT molecular complexity index is 1850. The number of carbonyl (C=O) groups excluding carboxylic acids is 2. The second kappa shape index (κ2) is 79.0. The fourth-order valence-electron chi connectivity index (χ4n) is 11.0. The third-order valence-corrected chi connectivity index (χ3v) is 16.6. The maximum atomic E-state index is 12.4. The lowest BCUT2D eigenvalue weighted by atomic mass is 10.0. The van der Waals surface area contributed by atoms with Crippen LogP contribution in [0.3, 0.4) is 0 Å². The minimum atomic E-state index is -0.779. The summed E-state index contributed by atoms with van der Waals surface area (Å²) < 4.78 is 10.8. The van der Waals surface area contributed by atoms with Crippen molar-refractivity contribution < 1.29 is 24.2 Å². The van der Waals surface area contributed by atoms with Gasteiger partial charge in [0, 0.05) is 12.8 Å². The van der Waals surface area contributed by atoms with E-state index in [1.54, 1.807) is 0 Å². The van der Waals surface area contributed by atoms with E-state index < -0.39 is 6.10 Å². The van der Waals surface area contributed by atoms with Crippen molar-refractivity contribution in [2.75, 3.05) is 13.2 Å². The van der Waals surface area contributed by atoms with Crippen molar-refractivity contribution >= 4 is 11.9 Å². The number of esters is 2. The number of rotatable bonds is 70. The van der Waals surface area contributed by atoms with Gasteiger partial charge in [0.1, 0.15) is 6.61 Å². The van der Waals surface area contributed by atoms with Gasteiger partial charge in [-0.25, -0.2) is 0 Å². The van der Waals surface area contributed by atoms with Crippen LogP contribution in [0.25, 0.3) is 0 Å². The molecule has 0 bridgehead atoms. The van der Waals surface area contributed by atoms with Crippen LogP contribution in [-0.2, 0) is 19.1 Å². The van der Waals surface area contributed by atoms with Crippen molar-refractivity contribution in [2.24, 2.45) is 0 Å². The normalized spacial score (nSPS) is 13.1. The van der Waals surface area contributed by atoms with Crippen molar-refractivity contribution in [3.05, 3.63) is 146 Å². The molecule has 0 aliphatic carbocycles. The zero-order chi connectivity index (χ0) is 64.7. The highest BCUT2D eigenvalue weighted by Crippen LogP contribution is 2.18. The lowest BCUT2D eigenvalue weighted by molar-refractivity contribution is -0.161. The molecule has 0 radical (unpaired) electrons. The number of carbonyl (C=O) groups is 2. The molecule has 0 rings (SSSR count). The molecule has 0 aromatic rings. The summed E-state index contributed by atoms with van der Waals surface area (Å²) >= 11 is 0. The van der Waals surface area contributed by atoms with Crippen molar-refractivity contribution in [1.29, 1.82) is 0 Å². The molecule has 0 spiro atoms. The fourth-order valence-corrected chi connectivity index (χ4v) is 11.0. The molecular formula is C85H144O5. The van der Waals surface area contributed by atoms with Crippen LogP contribution in [0.15, 0.2) is 146 Å². The predicted octanol–water partition coefficient (Wildman–Crippen LogP) is 27.2. The summed E-state index contributed by atoms with van der Waals surface area (Å²) in [5, 5.41) is 9.73. The Labute approximate surface area is 558 Å². The van der Waals surface area contributed by atoms with E-state index in [1.807, 2.05) is 0 Å². The minimum Gasteiger partial charge on any atom is -0.462 e. The van der Waals surface area contributed by atoms with Crippen LogP contribution in [0, 0.1) is 0 Å². The van der Waals surface area contributed by atoms with Crippen molar-refractivity contribution in [3.8, 4) is 0 Å². The summed E-state index contributed by atoms with van der Waals surface area (Å²) in [5.74, 6) is -0.579. The zero-order valence-corrected chi connectivity index (χ0v) is 59.1. The Balaban J connectivity index is 3.45. The topological polar surface area (TPSA) is 72.8 Å². The molecule has 90 heavy (non-hydrogen) atoms. The first-order valence-electron chi connectivity index (χ1n) is 38.4. The van der Waals surface area contributed by atoms with Gasteiger partial charge >= 0.3 is 11.9 Å². The van der Waals surface area contributed by atoms with Gasteiger partial charge in [0.25, 0.3) is 0 Å². The standard InChI is InChI=1S/C85H144O5/c1-3-5-7-9-11-13-15-17-19-21-23-25-27-29-31-33-35-37-39-41-42-44-45-47-49-51-53-55-57-59-61-63-65-67-69-71-73-75-77-79-84(87)89-82-83(81-86)90-85(88)80-78-76-74-72-70-68-66-64-62-60-58-56-54-52-50-48-46-43-40-38-36-34-32-30-28-26-24-22-20-18-16-14-12-10-8-6-4-2/h5-8,11-14,17-20,23-26,29-32,36,38,43,46,83,86H,3-4,9-10,15-16,21-22,27-28,33-35,37,39-42,44-45,47-82H2,1-2H3/b7-5-,8-6-,13-11-,14-12-,19-17-,20-18-,25-23-,26-24-,31-29-,32-30-,38-36-,46-43-. The van der Waals surface area contributed by atoms with Crippen LogP contribution in [0.1, 0.15) is 361 Å². The van der Waals surface area contributed by atoms with Gasteiger partial charge in [-0.2, -0.15) is 0 Å². The van der Waals surface area contributed by atoms with Gasteiger partial charge in [-0.15, -0.1) is 0 Å². The number of aliphatic hydroxyl groups is 1. The summed E-state index contributed by atoms with van der Waals surface area (Å²) in [7, 11) is 0. The third kappa shape index (κ3) is 76.2. The van der Waals surface area contributed by atoms with E-state index in [2.05, 4.69) is 160 Å². The summed E-state index contributed by atoms with van der Waals surface area (Å²) in [6.07, 6.45) is 119. The van der Waals surface area contributed by atoms with Gasteiger partial charge in [-0.3, -0.25) is 9.59 Å². The van der Waals surface area contributed by atoms with Gasteiger partial charge in [-0.05, 0) is 116 Å². The Kier molecular flexibility index (Phi) is 75.3. The second-order valence-electron chi connectivity index (χ2n) is 25.3. The Morgan fingerprint density at radius 3 is 0.667 bits per heavy atom. The second-order valence-corrected chi connectivity index (χ2v) is 25.3. The molecule has 0 amide bonds. The van der Waals surface area contributed by atoms with Crippen LogP contribution in [0.5, 0.6) is 0 Å². The average Bonchev–Trinajstić information content (AvgIpc) is 3.62. The molecule has 0 saturated carbocycles. The molecule has 0 fully saturated rings. The molecule has 1 unspecified atom stereocenters. The molecule has 0 aliphatic rings. The van der Waals surface area contributed by atoms with Crippen LogP contribution in [0.2, 0.25) is 0 Å². The molecular weight excluding hydrogens is 1100 g/mol. The van der Waals surface area contributed by atoms with E-state index in [-0.39, 0.29) is 25.2 Å². The van der Waals surface area contributed by atoms with E-state index in [9.17, 15) is 14.7 Å². The molecule has 0 aromatic carbocycles. The quantitative estimate of drug-likeness (QED) is 0.0373. The number of unbranched alkanes of at least 4 members (excludes halogenated alkanes) is 38. The predicted molar refractivity (Wildman–Crippen MR) is 398 cm³/mol. The Morgan fingerprint density at radius 2 is 0.444 bits per heavy atom. The monoisotopic (exact) mass is 1250 g/mol. The van der Waals surface area contributed by atoms with Crippen molar-refractivity contribution in [3.63, 3.8) is 0 Å². The number of hydrogen-bond donors (Lipinski definition) is 1. The molecule has 1 N–H and O–H groups in total. The van der Waals surface area contributed by atoms with E-state index in [0.29, 0.717) is 12.8 Å². The van der Waals surface area contributed by atoms with Gasteiger partial charge in [0.05, 0.1) is 6.61 Å². The lowest BCUT2D eigenvalue weighted by Crippen LogP contribution is -2.28. The summed E-state index contributed by atoms with van der Waals surface area (Å²) in [4.78, 5) is 24.7. The maximum absolute atomic E-state index is 12.4. The van der Waals surface area contributed by atoms with Crippen LogP contribution < -0.4 is 0 Å². The maximum Gasteiger partial charge on any atom is 0.306 e. The Hall–Kier alpha value is -4.22. The molecule has 0 aliphatic heterocycles. The molecule has 0 heterocycles. The number of hydrogen-bond acceptors (Lipinski definition) is 5. The van der Waals surface area contributed by atoms with Gasteiger partial charge in [0.2, 0.25) is 0 Å². The third-order valence-electron chi connectivity index (χ3n) is 16.6. The van der Waals surface area contributed by atoms with E-state index in [4.69, 9.17) is 9.47 Å². The van der Waals surface area contributed by atoms with Gasteiger partial charge in [0.15, 0.2) is 6.10 Å². The smallest absolute Gasteiger partial charge is 0.306 e. The molecule has 0 aromatic heterocycles. The molecule has 1 atom stereocenters.